The SMILES string of the molecule is Cc1ccc2cccc(C)c2c1-c1cc(-c2ccccc2)c2ccc3c(-c4ccccc4)cc(-c4c(C)ccc5cccc(C)c45)nc3c2n1.Cc1ccc2ccccc2c1-c1cc(-c2ccccc2)c2ccc3c(-c4ccccc4)cc(-c4c(C)ccc5ccccc45)nc3c2n1.Cc1cccc2cccc(-c3cc(-c4ccccc4)c4ccc5c(-c6ccccc6)cc(-c6cccc7cccc(C)c67)nc5c4n3)c12. The molecular formula is C140H100N6. The van der Waals surface area contributed by atoms with Crippen LogP contribution in [0.2, 0.25) is 0 Å². The third kappa shape index (κ3) is 15.9. The third-order valence-corrected chi connectivity index (χ3v) is 29.8. The Morgan fingerprint density at radius 2 is 0.322 bits per heavy atom. The molecule has 0 aliphatic heterocycles. The standard InChI is InChI=1S/C48H36N2.2C46H32N2/c1-29-13-11-19-35-23-21-31(3)45(43(29)35)41-27-39(33-15-7-5-8-16-33)37-25-26-38-40(34-17-9-6-10-18-34)28-42(50-48(38)47(37)49-41)46-32(4)22-24-36-20-12-14-30(2)44(36)46;1-29-13-9-19-33-21-11-23-37(43(29)33)41-27-39(31-15-5-3-6-16-31)35-25-26-36-40(32-17-7-4-8-18-32)28-42(48-46(36)45(35)47-41)38-24-12-22-34-20-10-14-30(2)44(34)38;1-29-21-23-33-17-9-11-19-35(33)43(29)41-27-39(31-13-5-3-6-14-31)37-25-26-38-40(32-15-7-4-8-16-32)28-42(48-46(38)45(37)47-41)44-30(2)22-24-34-18-10-12-20-36(34)44/h5-28H,1-4H3;2*3-28H,1-2H3. The minimum Gasteiger partial charge on any atom is -0.245 e. The smallest absolute Gasteiger partial charge is 0.0978 e. The van der Waals surface area contributed by atoms with Gasteiger partial charge in [-0.15, -0.1) is 0 Å². The minimum atomic E-state index is 0.908. The van der Waals surface area contributed by atoms with E-state index < -0.39 is 0 Å². The van der Waals surface area contributed by atoms with Crippen LogP contribution in [0.1, 0.15) is 44.5 Å². The van der Waals surface area contributed by atoms with E-state index in [0.717, 1.165) is 189 Å². The van der Waals surface area contributed by atoms with Gasteiger partial charge in [0.1, 0.15) is 0 Å². The first-order valence-corrected chi connectivity index (χ1v) is 50.4. The molecule has 0 amide bonds. The number of fused-ring (bicyclic) bond motifs is 15. The lowest BCUT2D eigenvalue weighted by Gasteiger charge is -2.18. The van der Waals surface area contributed by atoms with Crippen molar-refractivity contribution < 1.29 is 0 Å². The van der Waals surface area contributed by atoms with Crippen LogP contribution in [-0.4, -0.2) is 29.9 Å². The first kappa shape index (κ1) is 89.0. The molecule has 0 radical (unpaired) electrons. The van der Waals surface area contributed by atoms with Crippen molar-refractivity contribution in [2.45, 2.75) is 55.4 Å². The Morgan fingerprint density at radius 1 is 0.123 bits per heavy atom. The lowest BCUT2D eigenvalue weighted by molar-refractivity contribution is 1.34. The highest BCUT2D eigenvalue weighted by Gasteiger charge is 2.27. The van der Waals surface area contributed by atoms with E-state index in [1.807, 2.05) is 0 Å². The molecule has 0 spiro atoms. The maximum atomic E-state index is 5.62. The predicted octanol–water partition coefficient (Wildman–Crippen LogP) is 37.7. The zero-order valence-corrected chi connectivity index (χ0v) is 82.6. The molecule has 6 heterocycles. The van der Waals surface area contributed by atoms with Gasteiger partial charge in [0.2, 0.25) is 0 Å². The Kier molecular flexibility index (Phi) is 22.7. The number of benzene rings is 21. The van der Waals surface area contributed by atoms with E-state index in [0.29, 0.717) is 0 Å². The molecule has 6 nitrogen and oxygen atoms in total. The molecular weight excluding hydrogens is 1770 g/mol. The van der Waals surface area contributed by atoms with E-state index in [1.165, 1.54) is 120 Å². The molecule has 0 atom stereocenters. The monoisotopic (exact) mass is 1860 g/mol. The van der Waals surface area contributed by atoms with E-state index in [-0.39, 0.29) is 0 Å². The number of aryl methyl sites for hydroxylation is 8. The molecule has 21 aromatic carbocycles. The van der Waals surface area contributed by atoms with Gasteiger partial charge in [0.25, 0.3) is 0 Å². The van der Waals surface area contributed by atoms with Crippen LogP contribution in [0.3, 0.4) is 0 Å². The number of pyridine rings is 6. The van der Waals surface area contributed by atoms with E-state index >= 15 is 0 Å². The van der Waals surface area contributed by atoms with E-state index in [9.17, 15) is 0 Å². The summed E-state index contributed by atoms with van der Waals surface area (Å²) in [7, 11) is 0. The number of nitrogens with zero attached hydrogens (tertiary/aromatic N) is 6. The van der Waals surface area contributed by atoms with Crippen molar-refractivity contribution in [2.24, 2.45) is 0 Å². The second-order valence-corrected chi connectivity index (χ2v) is 38.9. The maximum Gasteiger partial charge on any atom is 0.0978 e. The first-order valence-electron chi connectivity index (χ1n) is 50.4. The van der Waals surface area contributed by atoms with Gasteiger partial charge in [-0.05, 0) is 268 Å². The summed E-state index contributed by atoms with van der Waals surface area (Å²) in [6.07, 6.45) is 0. The topological polar surface area (TPSA) is 77.3 Å². The molecule has 0 saturated heterocycles. The average molecular weight is 1870 g/mol. The third-order valence-electron chi connectivity index (χ3n) is 29.8. The van der Waals surface area contributed by atoms with E-state index in [2.05, 4.69) is 516 Å². The fourth-order valence-electron chi connectivity index (χ4n) is 22.8. The highest BCUT2D eigenvalue weighted by molar-refractivity contribution is 6.20. The second-order valence-electron chi connectivity index (χ2n) is 38.9. The van der Waals surface area contributed by atoms with Crippen molar-refractivity contribution in [3.05, 3.63) is 506 Å². The molecule has 27 aromatic rings. The van der Waals surface area contributed by atoms with Gasteiger partial charge in [-0.25, -0.2) is 29.9 Å². The zero-order chi connectivity index (χ0) is 98.3. The van der Waals surface area contributed by atoms with Crippen LogP contribution in [0, 0.1) is 55.4 Å². The number of hydrogen-bond donors (Lipinski definition) is 0. The minimum absolute atomic E-state index is 0.908. The quantitative estimate of drug-likeness (QED) is 0.113. The molecule has 0 fully saturated rings. The van der Waals surface area contributed by atoms with Crippen LogP contribution in [0.5, 0.6) is 0 Å². The van der Waals surface area contributed by atoms with Crippen molar-refractivity contribution in [3.63, 3.8) is 0 Å². The van der Waals surface area contributed by atoms with E-state index in [4.69, 9.17) is 29.9 Å². The fraction of sp³-hybridized carbons (Fsp3) is 0.0571. The number of rotatable bonds is 12. The number of hydrogen-bond acceptors (Lipinski definition) is 6. The summed E-state index contributed by atoms with van der Waals surface area (Å²) in [5, 5.41) is 21.2. The molecule has 0 unspecified atom stereocenters. The van der Waals surface area contributed by atoms with Gasteiger partial charge < -0.3 is 0 Å². The van der Waals surface area contributed by atoms with Crippen LogP contribution in [-0.2, 0) is 0 Å². The molecule has 0 bridgehead atoms. The summed E-state index contributed by atoms with van der Waals surface area (Å²) in [4.78, 5) is 33.4. The molecule has 0 aliphatic rings. The summed E-state index contributed by atoms with van der Waals surface area (Å²) >= 11 is 0. The van der Waals surface area contributed by atoms with Gasteiger partial charge >= 0.3 is 0 Å². The van der Waals surface area contributed by atoms with Crippen molar-refractivity contribution in [2.75, 3.05) is 0 Å². The zero-order valence-electron chi connectivity index (χ0n) is 82.6. The molecule has 6 heteroatoms. The molecule has 0 N–H and O–H groups in total. The van der Waals surface area contributed by atoms with Crippen molar-refractivity contribution >= 4 is 130 Å². The van der Waals surface area contributed by atoms with Gasteiger partial charge in [-0.2, -0.15) is 0 Å². The first-order chi connectivity index (χ1) is 71.7. The van der Waals surface area contributed by atoms with Gasteiger partial charge in [0.05, 0.1) is 67.3 Å². The molecule has 27 rings (SSSR count). The average Bonchev–Trinajstić information content (AvgIpc) is 0.734. The Bertz CT molecular complexity index is 9360. The Balaban J connectivity index is 0.000000114. The highest BCUT2D eigenvalue weighted by Crippen LogP contribution is 2.50. The molecule has 0 saturated carbocycles. The summed E-state index contributed by atoms with van der Waals surface area (Å²) in [6.45, 7) is 17.6. The molecule has 146 heavy (non-hydrogen) atoms. The van der Waals surface area contributed by atoms with Gasteiger partial charge in [-0.3, -0.25) is 0 Å². The van der Waals surface area contributed by atoms with Crippen molar-refractivity contribution in [1.29, 1.82) is 0 Å². The predicted molar refractivity (Wildman–Crippen MR) is 619 cm³/mol. The summed E-state index contributed by atoms with van der Waals surface area (Å²) in [6, 6.07) is 165. The Morgan fingerprint density at radius 3 is 0.596 bits per heavy atom. The van der Waals surface area contributed by atoms with Gasteiger partial charge in [-0.1, -0.05) is 425 Å². The van der Waals surface area contributed by atoms with Gasteiger partial charge in [0.15, 0.2) is 0 Å². The van der Waals surface area contributed by atoms with E-state index in [1.54, 1.807) is 0 Å². The normalized spacial score (nSPS) is 11.6. The highest BCUT2D eigenvalue weighted by atomic mass is 14.8. The largest absolute Gasteiger partial charge is 0.245 e. The maximum absolute atomic E-state index is 5.62. The summed E-state index contributed by atoms with van der Waals surface area (Å²) < 4.78 is 0. The lowest BCUT2D eigenvalue weighted by Crippen LogP contribution is -1.98. The molecule has 0 aliphatic carbocycles. The summed E-state index contributed by atoms with van der Waals surface area (Å²) in [5.74, 6) is 0. The van der Waals surface area contributed by atoms with Gasteiger partial charge in [0, 0.05) is 65.7 Å². The van der Waals surface area contributed by atoms with Crippen LogP contribution >= 0.6 is 0 Å². The molecule has 6 aromatic heterocycles. The van der Waals surface area contributed by atoms with Crippen molar-refractivity contribution in [3.8, 4) is 134 Å². The van der Waals surface area contributed by atoms with Crippen molar-refractivity contribution in [1.82, 2.24) is 29.9 Å². The van der Waals surface area contributed by atoms with Crippen LogP contribution in [0.4, 0.5) is 0 Å². The lowest BCUT2D eigenvalue weighted by atomic mass is 9.90. The Hall–Kier alpha value is -18.4. The van der Waals surface area contributed by atoms with Crippen LogP contribution in [0.25, 0.3) is 264 Å². The van der Waals surface area contributed by atoms with Crippen LogP contribution in [0.15, 0.2) is 461 Å². The number of aromatic nitrogens is 6. The molecule has 690 valence electrons. The summed E-state index contributed by atoms with van der Waals surface area (Å²) in [5.41, 5.74) is 41.8. The Labute approximate surface area is 849 Å². The second kappa shape index (κ2) is 37.3. The van der Waals surface area contributed by atoms with Crippen LogP contribution < -0.4 is 0 Å². The fourth-order valence-corrected chi connectivity index (χ4v) is 22.8.